The quantitative estimate of drug-likeness (QED) is 0.454. The molecule has 0 atom stereocenters. The first-order valence-corrected chi connectivity index (χ1v) is 7.40. The van der Waals surface area contributed by atoms with Crippen LogP contribution in [0, 0.1) is 0 Å². The van der Waals surface area contributed by atoms with Gasteiger partial charge < -0.3 is 9.16 Å². The van der Waals surface area contributed by atoms with Crippen LogP contribution in [0.2, 0.25) is 18.1 Å². The summed E-state index contributed by atoms with van der Waals surface area (Å²) in [6.45, 7) is 8.23. The van der Waals surface area contributed by atoms with Gasteiger partial charge in [-0.25, -0.2) is 0 Å². The molecule has 0 fully saturated rings. The monoisotopic (exact) mass is 190 g/mol. The van der Waals surface area contributed by atoms with Crippen LogP contribution < -0.4 is 0 Å². The SMILES string of the molecule is CC[Si](CC)(CC)OCCOC. The predicted octanol–water partition coefficient (Wildman–Crippen LogP) is 2.65. The molecule has 0 saturated heterocycles. The number of ether oxygens (including phenoxy) is 1. The zero-order chi connectivity index (χ0) is 9.45. The van der Waals surface area contributed by atoms with Gasteiger partial charge in [-0.2, -0.15) is 0 Å². The van der Waals surface area contributed by atoms with E-state index < -0.39 is 8.32 Å². The molecule has 0 aromatic carbocycles. The van der Waals surface area contributed by atoms with Gasteiger partial charge in [0.25, 0.3) is 0 Å². The molecule has 0 aliphatic heterocycles. The van der Waals surface area contributed by atoms with Gasteiger partial charge in [0.05, 0.1) is 13.2 Å². The van der Waals surface area contributed by atoms with Gasteiger partial charge in [-0.1, -0.05) is 20.8 Å². The first-order valence-electron chi connectivity index (χ1n) is 4.87. The standard InChI is InChI=1S/C9H22O2Si/c1-5-12(6-2,7-3)11-9-8-10-4/h5-9H2,1-4H3. The average Bonchev–Trinajstić information content (AvgIpc) is 2.14. The van der Waals surface area contributed by atoms with Gasteiger partial charge in [0, 0.05) is 7.11 Å². The minimum absolute atomic E-state index is 0.731. The van der Waals surface area contributed by atoms with Crippen molar-refractivity contribution in [3.05, 3.63) is 0 Å². The molecule has 74 valence electrons. The van der Waals surface area contributed by atoms with Crippen LogP contribution in [-0.4, -0.2) is 28.6 Å². The highest BCUT2D eigenvalue weighted by Crippen LogP contribution is 2.20. The molecule has 0 aliphatic carbocycles. The van der Waals surface area contributed by atoms with Crippen LogP contribution in [0.1, 0.15) is 20.8 Å². The molecule has 12 heavy (non-hydrogen) atoms. The molecule has 0 unspecified atom stereocenters. The second-order valence-electron chi connectivity index (χ2n) is 3.08. The lowest BCUT2D eigenvalue weighted by molar-refractivity contribution is 0.141. The minimum atomic E-state index is -1.33. The van der Waals surface area contributed by atoms with Gasteiger partial charge in [-0.15, -0.1) is 0 Å². The minimum Gasteiger partial charge on any atom is -0.414 e. The van der Waals surface area contributed by atoms with Crippen molar-refractivity contribution < 1.29 is 9.16 Å². The maximum Gasteiger partial charge on any atom is 0.192 e. The highest BCUT2D eigenvalue weighted by atomic mass is 28.4. The van der Waals surface area contributed by atoms with E-state index in [1.807, 2.05) is 0 Å². The molecule has 0 N–H and O–H groups in total. The third-order valence-corrected chi connectivity index (χ3v) is 7.31. The molecule has 0 bridgehead atoms. The fourth-order valence-electron chi connectivity index (χ4n) is 1.40. The molecule has 0 amide bonds. The first-order chi connectivity index (χ1) is 5.74. The topological polar surface area (TPSA) is 18.5 Å². The number of hydrogen-bond acceptors (Lipinski definition) is 2. The molecule has 0 aromatic rings. The van der Waals surface area contributed by atoms with Crippen molar-refractivity contribution in [3.8, 4) is 0 Å². The first kappa shape index (κ1) is 12.1. The molecule has 0 saturated carbocycles. The molecular formula is C9H22O2Si. The van der Waals surface area contributed by atoms with E-state index in [-0.39, 0.29) is 0 Å². The van der Waals surface area contributed by atoms with E-state index >= 15 is 0 Å². The van der Waals surface area contributed by atoms with Gasteiger partial charge in [0.2, 0.25) is 0 Å². The zero-order valence-electron chi connectivity index (χ0n) is 8.85. The molecule has 0 aromatic heterocycles. The third kappa shape index (κ3) is 3.69. The lowest BCUT2D eigenvalue weighted by Crippen LogP contribution is -2.36. The van der Waals surface area contributed by atoms with Gasteiger partial charge >= 0.3 is 0 Å². The summed E-state index contributed by atoms with van der Waals surface area (Å²) < 4.78 is 10.9. The summed E-state index contributed by atoms with van der Waals surface area (Å²) in [5.74, 6) is 0. The van der Waals surface area contributed by atoms with Crippen LogP contribution in [0.3, 0.4) is 0 Å². The maximum absolute atomic E-state index is 5.93. The molecular weight excluding hydrogens is 168 g/mol. The van der Waals surface area contributed by atoms with Crippen molar-refractivity contribution in [1.29, 1.82) is 0 Å². The van der Waals surface area contributed by atoms with E-state index in [4.69, 9.17) is 9.16 Å². The Bertz CT molecular complexity index is 94.4. The third-order valence-electron chi connectivity index (χ3n) is 2.63. The second kappa shape index (κ2) is 6.63. The Hall–Kier alpha value is 0.137. The van der Waals surface area contributed by atoms with Crippen LogP contribution in [0.4, 0.5) is 0 Å². The summed E-state index contributed by atoms with van der Waals surface area (Å²) in [5.41, 5.74) is 0. The summed E-state index contributed by atoms with van der Waals surface area (Å²) in [5, 5.41) is 0. The molecule has 0 rings (SSSR count). The number of hydrogen-bond donors (Lipinski definition) is 0. The highest BCUT2D eigenvalue weighted by molar-refractivity contribution is 6.73. The van der Waals surface area contributed by atoms with E-state index in [9.17, 15) is 0 Å². The Morgan fingerprint density at radius 2 is 1.42 bits per heavy atom. The van der Waals surface area contributed by atoms with E-state index in [0.717, 1.165) is 13.2 Å². The number of methoxy groups -OCH3 is 1. The molecule has 0 spiro atoms. The van der Waals surface area contributed by atoms with Gasteiger partial charge in [-0.3, -0.25) is 0 Å². The van der Waals surface area contributed by atoms with E-state index in [2.05, 4.69) is 20.8 Å². The molecule has 3 heteroatoms. The van der Waals surface area contributed by atoms with Gasteiger partial charge in [0.1, 0.15) is 0 Å². The van der Waals surface area contributed by atoms with Crippen LogP contribution in [0.25, 0.3) is 0 Å². The molecule has 0 heterocycles. The summed E-state index contributed by atoms with van der Waals surface area (Å²) in [6, 6.07) is 3.68. The summed E-state index contributed by atoms with van der Waals surface area (Å²) in [6.07, 6.45) is 0. The Balaban J connectivity index is 3.76. The number of rotatable bonds is 7. The second-order valence-corrected chi connectivity index (χ2v) is 7.86. The molecule has 0 aliphatic rings. The maximum atomic E-state index is 5.93. The van der Waals surface area contributed by atoms with Crippen LogP contribution in [0.5, 0.6) is 0 Å². The molecule has 0 radical (unpaired) electrons. The lowest BCUT2D eigenvalue weighted by atomic mass is 10.8. The summed E-state index contributed by atoms with van der Waals surface area (Å²) >= 11 is 0. The van der Waals surface area contributed by atoms with Gasteiger partial charge in [0.15, 0.2) is 8.32 Å². The van der Waals surface area contributed by atoms with Crippen LogP contribution in [0.15, 0.2) is 0 Å². The van der Waals surface area contributed by atoms with Crippen molar-refractivity contribution in [2.45, 2.75) is 38.9 Å². The predicted molar refractivity (Wildman–Crippen MR) is 55.0 cm³/mol. The van der Waals surface area contributed by atoms with Crippen molar-refractivity contribution >= 4 is 8.32 Å². The largest absolute Gasteiger partial charge is 0.414 e. The normalized spacial score (nSPS) is 12.0. The van der Waals surface area contributed by atoms with Crippen molar-refractivity contribution in [1.82, 2.24) is 0 Å². The highest BCUT2D eigenvalue weighted by Gasteiger charge is 2.27. The van der Waals surface area contributed by atoms with Crippen molar-refractivity contribution in [3.63, 3.8) is 0 Å². The summed E-state index contributed by atoms with van der Waals surface area (Å²) in [4.78, 5) is 0. The average molecular weight is 190 g/mol. The van der Waals surface area contributed by atoms with Gasteiger partial charge in [-0.05, 0) is 18.1 Å². The lowest BCUT2D eigenvalue weighted by Gasteiger charge is -2.27. The van der Waals surface area contributed by atoms with Crippen molar-refractivity contribution in [2.24, 2.45) is 0 Å². The Kier molecular flexibility index (Phi) is 6.71. The summed E-state index contributed by atoms with van der Waals surface area (Å²) in [7, 11) is 0.384. The smallest absolute Gasteiger partial charge is 0.192 e. The fraction of sp³-hybridized carbons (Fsp3) is 1.00. The Labute approximate surface area is 77.4 Å². The van der Waals surface area contributed by atoms with Crippen LogP contribution in [-0.2, 0) is 9.16 Å². The fourth-order valence-corrected chi connectivity index (χ4v) is 4.03. The Morgan fingerprint density at radius 1 is 0.917 bits per heavy atom. The van der Waals surface area contributed by atoms with Crippen molar-refractivity contribution in [2.75, 3.05) is 20.3 Å². The van der Waals surface area contributed by atoms with Crippen LogP contribution >= 0.6 is 0 Å². The Morgan fingerprint density at radius 3 is 1.75 bits per heavy atom. The van der Waals surface area contributed by atoms with E-state index in [0.29, 0.717) is 0 Å². The zero-order valence-corrected chi connectivity index (χ0v) is 9.85. The van der Waals surface area contributed by atoms with E-state index in [1.165, 1.54) is 18.1 Å². The molecule has 2 nitrogen and oxygen atoms in total. The van der Waals surface area contributed by atoms with E-state index in [1.54, 1.807) is 7.11 Å².